The van der Waals surface area contributed by atoms with Gasteiger partial charge in [0.1, 0.15) is 23.0 Å². The minimum atomic E-state index is -1.51. The first kappa shape index (κ1) is 25.9. The van der Waals surface area contributed by atoms with Gasteiger partial charge < -0.3 is 15.0 Å². The van der Waals surface area contributed by atoms with Crippen LogP contribution in [0.3, 0.4) is 0 Å². The molecule has 4 aromatic rings. The molecule has 1 fully saturated rings. The minimum Gasteiger partial charge on any atom is -0.497 e. The summed E-state index contributed by atoms with van der Waals surface area (Å²) in [5.74, 6) is -2.81. The number of carbonyl (C=O) groups excluding carboxylic acids is 3. The monoisotopic (exact) mass is 558 g/mol. The van der Waals surface area contributed by atoms with Gasteiger partial charge in [-0.1, -0.05) is 66.7 Å². The lowest BCUT2D eigenvalue weighted by Crippen LogP contribution is -2.51. The number of nitrogens with zero attached hydrogens (tertiary/aromatic N) is 1. The van der Waals surface area contributed by atoms with E-state index in [0.29, 0.717) is 22.6 Å². The Hall–Kier alpha value is -5.04. The molecule has 1 amide bonds. The third-order valence-electron chi connectivity index (χ3n) is 8.93. The van der Waals surface area contributed by atoms with Gasteiger partial charge in [-0.05, 0) is 54.5 Å². The van der Waals surface area contributed by atoms with Gasteiger partial charge in [-0.2, -0.15) is 0 Å². The van der Waals surface area contributed by atoms with Crippen molar-refractivity contribution >= 4 is 34.4 Å². The third kappa shape index (κ3) is 3.46. The van der Waals surface area contributed by atoms with Crippen LogP contribution < -0.4 is 15.0 Å². The van der Waals surface area contributed by atoms with Crippen molar-refractivity contribution in [2.75, 3.05) is 17.3 Å². The lowest BCUT2D eigenvalue weighted by molar-refractivity contribution is -0.121. The maximum absolute atomic E-state index is 15.3. The predicted octanol–water partition coefficient (Wildman–Crippen LogP) is 6.08. The van der Waals surface area contributed by atoms with Crippen LogP contribution >= 0.6 is 0 Å². The zero-order valence-corrected chi connectivity index (χ0v) is 23.0. The van der Waals surface area contributed by atoms with E-state index < -0.39 is 40.9 Å². The number of amides is 1. The van der Waals surface area contributed by atoms with Crippen LogP contribution in [0.2, 0.25) is 0 Å². The number of ether oxygens (including phenoxy) is 1. The average molecular weight is 559 g/mol. The number of anilines is 2. The van der Waals surface area contributed by atoms with Gasteiger partial charge in [-0.3, -0.25) is 14.4 Å². The average Bonchev–Trinajstić information content (AvgIpc) is 3.49. The summed E-state index contributed by atoms with van der Waals surface area (Å²) in [7, 11) is 1.52. The summed E-state index contributed by atoms with van der Waals surface area (Å²) in [5, 5.41) is 3.00. The molecule has 4 atom stereocenters. The molecule has 4 aromatic carbocycles. The fraction of sp³-hybridized carbons (Fsp3) is 0.171. The zero-order valence-electron chi connectivity index (χ0n) is 23.0. The number of Topliss-reactive ketones (excluding diaryl/α,β-unsaturated/α-hetero) is 2. The number of nitrogens with one attached hydrogen (secondary N) is 1. The predicted molar refractivity (Wildman–Crippen MR) is 158 cm³/mol. The molecule has 1 spiro atoms. The van der Waals surface area contributed by atoms with E-state index in [1.807, 2.05) is 60.4 Å². The van der Waals surface area contributed by atoms with Gasteiger partial charge in [0.05, 0.1) is 24.6 Å². The molecule has 0 bridgehead atoms. The van der Waals surface area contributed by atoms with E-state index in [2.05, 4.69) is 5.32 Å². The van der Waals surface area contributed by atoms with Crippen molar-refractivity contribution in [2.24, 2.45) is 5.92 Å². The van der Waals surface area contributed by atoms with Gasteiger partial charge in [-0.25, -0.2) is 4.39 Å². The first-order valence-corrected chi connectivity index (χ1v) is 13.8. The van der Waals surface area contributed by atoms with E-state index in [-0.39, 0.29) is 11.3 Å². The molecule has 0 aromatic heterocycles. The SMILES string of the molecule is COc1cccc(C(=O)[C@@H]2[C@H](C(=O)c3ccccc3F)[C@]3(C(=O)Nc4ccccc43)[C@H]3C=C(C)c4ccccc4N23)c1. The van der Waals surface area contributed by atoms with Crippen LogP contribution in [-0.2, 0) is 10.2 Å². The van der Waals surface area contributed by atoms with Crippen LogP contribution in [0, 0.1) is 11.7 Å². The number of rotatable bonds is 5. The maximum Gasteiger partial charge on any atom is 0.238 e. The van der Waals surface area contributed by atoms with Crippen molar-refractivity contribution in [2.45, 2.75) is 24.4 Å². The second-order valence-electron chi connectivity index (χ2n) is 11.0. The Morgan fingerprint density at radius 3 is 2.45 bits per heavy atom. The number of hydrogen-bond donors (Lipinski definition) is 1. The molecular formula is C35H27FN2O4. The number of carbonyl (C=O) groups is 3. The summed E-state index contributed by atoms with van der Waals surface area (Å²) in [6.45, 7) is 1.97. The van der Waals surface area contributed by atoms with E-state index in [1.165, 1.54) is 25.3 Å². The highest BCUT2D eigenvalue weighted by molar-refractivity contribution is 6.18. The first-order chi connectivity index (χ1) is 20.4. The Kier molecular flexibility index (Phi) is 5.87. The molecule has 208 valence electrons. The van der Waals surface area contributed by atoms with Crippen LogP contribution in [0.4, 0.5) is 15.8 Å². The summed E-state index contributed by atoms with van der Waals surface area (Å²) < 4.78 is 20.7. The van der Waals surface area contributed by atoms with E-state index in [0.717, 1.165) is 16.8 Å². The van der Waals surface area contributed by atoms with Gasteiger partial charge >= 0.3 is 0 Å². The summed E-state index contributed by atoms with van der Waals surface area (Å²) in [6.07, 6.45) is 1.98. The highest BCUT2D eigenvalue weighted by Crippen LogP contribution is 2.59. The van der Waals surface area contributed by atoms with Gasteiger partial charge in [0.25, 0.3) is 0 Å². The van der Waals surface area contributed by atoms with Crippen LogP contribution in [0.5, 0.6) is 5.75 Å². The standard InChI is InChI=1S/C35H27FN2O4/c1-20-18-29-35(25-14-5-7-16-27(25)37-34(35)41)30(33(40)24-13-3-6-15-26(24)36)31(38(29)28-17-8-4-12-23(20)28)32(39)21-10-9-11-22(19-21)42-2/h3-19,29-31H,1-2H3,(H,37,41)/t29-,30-,31+,35-/m1/s1. The number of allylic oxidation sites excluding steroid dienone is 1. The number of methoxy groups -OCH3 is 1. The summed E-state index contributed by atoms with van der Waals surface area (Å²) in [6, 6.07) is 25.6. The number of ketones is 2. The van der Waals surface area contributed by atoms with Crippen molar-refractivity contribution in [1.29, 1.82) is 0 Å². The zero-order chi connectivity index (χ0) is 29.2. The molecule has 3 aliphatic rings. The highest BCUT2D eigenvalue weighted by Gasteiger charge is 2.70. The van der Waals surface area contributed by atoms with E-state index in [9.17, 15) is 14.4 Å². The normalized spacial score (nSPS) is 23.5. The largest absolute Gasteiger partial charge is 0.497 e. The first-order valence-electron chi connectivity index (χ1n) is 13.8. The van der Waals surface area contributed by atoms with E-state index in [4.69, 9.17) is 4.74 Å². The molecule has 0 radical (unpaired) electrons. The van der Waals surface area contributed by atoms with Crippen molar-refractivity contribution in [3.05, 3.63) is 131 Å². The quantitative estimate of drug-likeness (QED) is 0.301. The Morgan fingerprint density at radius 2 is 1.64 bits per heavy atom. The summed E-state index contributed by atoms with van der Waals surface area (Å²) in [5.41, 5.74) is 2.42. The lowest BCUT2D eigenvalue weighted by Gasteiger charge is -2.39. The summed E-state index contributed by atoms with van der Waals surface area (Å²) >= 11 is 0. The van der Waals surface area contributed by atoms with E-state index in [1.54, 1.807) is 36.4 Å². The number of halogens is 1. The van der Waals surface area contributed by atoms with Crippen molar-refractivity contribution in [1.82, 2.24) is 0 Å². The van der Waals surface area contributed by atoms with Crippen LogP contribution in [0.1, 0.15) is 38.8 Å². The molecular weight excluding hydrogens is 531 g/mol. The Balaban J connectivity index is 1.56. The number of hydrogen-bond acceptors (Lipinski definition) is 5. The molecule has 0 aliphatic carbocycles. The molecule has 3 aliphatic heterocycles. The third-order valence-corrected chi connectivity index (χ3v) is 8.93. The molecule has 42 heavy (non-hydrogen) atoms. The fourth-order valence-corrected chi connectivity index (χ4v) is 7.16. The number of para-hydroxylation sites is 2. The lowest BCUT2D eigenvalue weighted by atomic mass is 9.64. The van der Waals surface area contributed by atoms with Crippen LogP contribution in [0.15, 0.2) is 103 Å². The highest BCUT2D eigenvalue weighted by atomic mass is 19.1. The maximum atomic E-state index is 15.3. The minimum absolute atomic E-state index is 0.156. The molecule has 1 N–H and O–H groups in total. The molecule has 1 saturated heterocycles. The summed E-state index contributed by atoms with van der Waals surface area (Å²) in [4.78, 5) is 45.8. The Bertz CT molecular complexity index is 1830. The second kappa shape index (κ2) is 9.52. The Morgan fingerprint density at radius 1 is 0.905 bits per heavy atom. The van der Waals surface area contributed by atoms with Crippen LogP contribution in [0.25, 0.3) is 5.57 Å². The Labute approximate surface area is 242 Å². The molecule has 3 heterocycles. The fourth-order valence-electron chi connectivity index (χ4n) is 7.16. The molecule has 7 rings (SSSR count). The smallest absolute Gasteiger partial charge is 0.238 e. The second-order valence-corrected chi connectivity index (χ2v) is 11.0. The van der Waals surface area contributed by atoms with Crippen LogP contribution in [-0.4, -0.2) is 36.7 Å². The van der Waals surface area contributed by atoms with E-state index >= 15 is 4.39 Å². The number of fused-ring (bicyclic) bond motifs is 6. The van der Waals surface area contributed by atoms with Gasteiger partial charge in [0, 0.05) is 22.5 Å². The molecule has 0 unspecified atom stereocenters. The van der Waals surface area contributed by atoms with Gasteiger partial charge in [0.15, 0.2) is 11.6 Å². The molecule has 7 heteroatoms. The topological polar surface area (TPSA) is 75.7 Å². The van der Waals surface area contributed by atoms with Crippen molar-refractivity contribution < 1.29 is 23.5 Å². The number of benzene rings is 4. The molecule has 0 saturated carbocycles. The van der Waals surface area contributed by atoms with Gasteiger partial charge in [-0.15, -0.1) is 0 Å². The van der Waals surface area contributed by atoms with Gasteiger partial charge in [0.2, 0.25) is 5.91 Å². The molecule has 6 nitrogen and oxygen atoms in total. The van der Waals surface area contributed by atoms with Crippen molar-refractivity contribution in [3.8, 4) is 5.75 Å². The van der Waals surface area contributed by atoms with Crippen molar-refractivity contribution in [3.63, 3.8) is 0 Å².